The first-order valence-electron chi connectivity index (χ1n) is 6.59. The van der Waals surface area contributed by atoms with Crippen LogP contribution >= 0.6 is 0 Å². The highest BCUT2D eigenvalue weighted by molar-refractivity contribution is 5.78. The van der Waals surface area contributed by atoms with Crippen molar-refractivity contribution in [2.24, 2.45) is 5.73 Å². The van der Waals surface area contributed by atoms with E-state index in [4.69, 9.17) is 10.2 Å². The summed E-state index contributed by atoms with van der Waals surface area (Å²) in [6, 6.07) is 5.80. The zero-order valence-corrected chi connectivity index (χ0v) is 12.0. The van der Waals surface area contributed by atoms with Gasteiger partial charge in [-0.2, -0.15) is 0 Å². The third kappa shape index (κ3) is 4.68. The molecule has 1 aromatic carbocycles. The summed E-state index contributed by atoms with van der Waals surface area (Å²) in [5, 5.41) is 2.73. The average Bonchev–Trinajstić information content (AvgIpc) is 2.85. The Morgan fingerprint density at radius 3 is 2.67 bits per heavy atom. The van der Waals surface area contributed by atoms with Gasteiger partial charge in [-0.1, -0.05) is 0 Å². The summed E-state index contributed by atoms with van der Waals surface area (Å²) in [4.78, 5) is 16.0. The number of hydrogen-bond acceptors (Lipinski definition) is 4. The Labute approximate surface area is 122 Å². The Morgan fingerprint density at radius 2 is 2.05 bits per heavy atom. The highest BCUT2D eigenvalue weighted by Crippen LogP contribution is 2.19. The van der Waals surface area contributed by atoms with E-state index < -0.39 is 5.54 Å². The molecule has 0 aliphatic carbocycles. The first kappa shape index (κ1) is 15.2. The molecule has 2 aromatic rings. The fraction of sp³-hybridized carbons (Fsp3) is 0.333. The van der Waals surface area contributed by atoms with Crippen molar-refractivity contribution in [1.29, 1.82) is 0 Å². The number of carbonyl (C=O) groups excluding carboxylic acids is 1. The maximum atomic E-state index is 12.8. The molecule has 6 heteroatoms. The topological polar surface area (TPSA) is 81.1 Å². The number of rotatable bonds is 5. The Balaban J connectivity index is 1.97. The van der Waals surface area contributed by atoms with Gasteiger partial charge in [-0.25, -0.2) is 9.37 Å². The van der Waals surface area contributed by atoms with Crippen LogP contribution in [0.3, 0.4) is 0 Å². The number of halogens is 1. The van der Waals surface area contributed by atoms with Gasteiger partial charge in [0.2, 0.25) is 11.8 Å². The molecule has 0 bridgehead atoms. The quantitative estimate of drug-likeness (QED) is 0.881. The molecule has 112 valence electrons. The van der Waals surface area contributed by atoms with Crippen molar-refractivity contribution in [2.75, 3.05) is 6.54 Å². The number of amides is 1. The summed E-state index contributed by atoms with van der Waals surface area (Å²) in [6.45, 7) is 4.04. The van der Waals surface area contributed by atoms with Crippen molar-refractivity contribution < 1.29 is 13.6 Å². The first-order valence-corrected chi connectivity index (χ1v) is 6.59. The van der Waals surface area contributed by atoms with Crippen LogP contribution in [-0.4, -0.2) is 23.0 Å². The molecule has 0 fully saturated rings. The molecule has 2 rings (SSSR count). The van der Waals surface area contributed by atoms with Crippen LogP contribution < -0.4 is 11.1 Å². The number of nitrogens with zero attached hydrogens (tertiary/aromatic N) is 1. The van der Waals surface area contributed by atoms with Gasteiger partial charge in [0, 0.05) is 17.6 Å². The highest BCUT2D eigenvalue weighted by atomic mass is 19.1. The second kappa shape index (κ2) is 6.05. The van der Waals surface area contributed by atoms with Crippen molar-refractivity contribution in [3.05, 3.63) is 42.0 Å². The molecule has 3 N–H and O–H groups in total. The van der Waals surface area contributed by atoms with Gasteiger partial charge >= 0.3 is 0 Å². The van der Waals surface area contributed by atoms with Crippen LogP contribution in [0.2, 0.25) is 0 Å². The number of benzene rings is 1. The lowest BCUT2D eigenvalue weighted by molar-refractivity contribution is -0.120. The Kier molecular flexibility index (Phi) is 4.37. The Bertz CT molecular complexity index is 615. The summed E-state index contributed by atoms with van der Waals surface area (Å²) >= 11 is 0. The molecule has 1 heterocycles. The van der Waals surface area contributed by atoms with E-state index >= 15 is 0 Å². The zero-order chi connectivity index (χ0) is 15.5. The van der Waals surface area contributed by atoms with Crippen molar-refractivity contribution in [3.8, 4) is 11.5 Å². The van der Waals surface area contributed by atoms with Gasteiger partial charge in [-0.3, -0.25) is 4.79 Å². The molecule has 0 atom stereocenters. The summed E-state index contributed by atoms with van der Waals surface area (Å²) in [6.07, 6.45) is 1.53. The molecule has 0 aliphatic rings. The zero-order valence-electron chi connectivity index (χ0n) is 12.0. The van der Waals surface area contributed by atoms with Gasteiger partial charge in [0.1, 0.15) is 12.1 Å². The van der Waals surface area contributed by atoms with Crippen LogP contribution in [0.25, 0.3) is 11.5 Å². The number of oxazole rings is 1. The van der Waals surface area contributed by atoms with Crippen molar-refractivity contribution in [1.82, 2.24) is 10.3 Å². The molecule has 0 saturated heterocycles. The maximum Gasteiger partial charge on any atom is 0.226 e. The van der Waals surface area contributed by atoms with Crippen LogP contribution in [0.1, 0.15) is 19.5 Å². The van der Waals surface area contributed by atoms with E-state index in [1.165, 1.54) is 18.4 Å². The average molecular weight is 291 g/mol. The van der Waals surface area contributed by atoms with Gasteiger partial charge < -0.3 is 15.5 Å². The molecule has 0 radical (unpaired) electrons. The maximum absolute atomic E-state index is 12.8. The molecule has 1 amide bonds. The number of nitrogens with two attached hydrogens (primary N) is 1. The predicted molar refractivity (Wildman–Crippen MR) is 76.9 cm³/mol. The minimum atomic E-state index is -0.460. The van der Waals surface area contributed by atoms with E-state index in [9.17, 15) is 9.18 Å². The van der Waals surface area contributed by atoms with Gasteiger partial charge in [0.25, 0.3) is 0 Å². The standard InChI is InChI=1S/C15H18FN3O2/c1-15(2,17)9-18-13(20)7-12-8-21-14(19-12)10-3-5-11(16)6-4-10/h3-6,8H,7,9,17H2,1-2H3,(H,18,20). The van der Waals surface area contributed by atoms with E-state index in [0.29, 0.717) is 23.7 Å². The largest absolute Gasteiger partial charge is 0.444 e. The van der Waals surface area contributed by atoms with Crippen molar-refractivity contribution in [2.45, 2.75) is 25.8 Å². The van der Waals surface area contributed by atoms with E-state index in [-0.39, 0.29) is 18.1 Å². The molecule has 5 nitrogen and oxygen atoms in total. The first-order chi connectivity index (χ1) is 9.83. The molecular formula is C15H18FN3O2. The lowest BCUT2D eigenvalue weighted by atomic mass is 10.1. The van der Waals surface area contributed by atoms with Gasteiger partial charge in [0.05, 0.1) is 12.1 Å². The number of aromatic nitrogens is 1. The second-order valence-corrected chi connectivity index (χ2v) is 5.59. The minimum absolute atomic E-state index is 0.112. The summed E-state index contributed by atoms with van der Waals surface area (Å²) in [5.41, 5.74) is 6.50. The number of hydrogen-bond donors (Lipinski definition) is 2. The van der Waals surface area contributed by atoms with Crippen LogP contribution in [0.4, 0.5) is 4.39 Å². The smallest absolute Gasteiger partial charge is 0.226 e. The van der Waals surface area contributed by atoms with Gasteiger partial charge in [0.15, 0.2) is 0 Å². The summed E-state index contributed by atoms with van der Waals surface area (Å²) in [5.74, 6) is -0.140. The second-order valence-electron chi connectivity index (χ2n) is 5.59. The van der Waals surface area contributed by atoms with Gasteiger partial charge in [-0.05, 0) is 38.1 Å². The monoisotopic (exact) mass is 291 g/mol. The Hall–Kier alpha value is -2.21. The van der Waals surface area contributed by atoms with E-state index in [1.54, 1.807) is 12.1 Å². The third-order valence-electron chi connectivity index (χ3n) is 2.73. The molecule has 21 heavy (non-hydrogen) atoms. The fourth-order valence-corrected chi connectivity index (χ4v) is 1.67. The predicted octanol–water partition coefficient (Wildman–Crippen LogP) is 1.88. The Morgan fingerprint density at radius 1 is 1.38 bits per heavy atom. The van der Waals surface area contributed by atoms with E-state index in [2.05, 4.69) is 10.3 Å². The highest BCUT2D eigenvalue weighted by Gasteiger charge is 2.14. The fourth-order valence-electron chi connectivity index (χ4n) is 1.67. The van der Waals surface area contributed by atoms with E-state index in [0.717, 1.165) is 0 Å². The van der Waals surface area contributed by atoms with Crippen molar-refractivity contribution >= 4 is 5.91 Å². The van der Waals surface area contributed by atoms with E-state index in [1.807, 2.05) is 13.8 Å². The molecule has 0 aliphatic heterocycles. The molecule has 0 saturated carbocycles. The molecule has 1 aromatic heterocycles. The number of nitrogens with one attached hydrogen (secondary N) is 1. The number of carbonyl (C=O) groups is 1. The minimum Gasteiger partial charge on any atom is -0.444 e. The molecule has 0 spiro atoms. The lowest BCUT2D eigenvalue weighted by Gasteiger charge is -2.18. The third-order valence-corrected chi connectivity index (χ3v) is 2.73. The SMILES string of the molecule is CC(C)(N)CNC(=O)Cc1coc(-c2ccc(F)cc2)n1. The summed E-state index contributed by atoms with van der Waals surface area (Å²) < 4.78 is 18.1. The summed E-state index contributed by atoms with van der Waals surface area (Å²) in [7, 11) is 0. The molecule has 0 unspecified atom stereocenters. The van der Waals surface area contributed by atoms with Crippen molar-refractivity contribution in [3.63, 3.8) is 0 Å². The van der Waals surface area contributed by atoms with Crippen LogP contribution in [0.15, 0.2) is 34.9 Å². The molecular weight excluding hydrogens is 273 g/mol. The lowest BCUT2D eigenvalue weighted by Crippen LogP contribution is -2.45. The van der Waals surface area contributed by atoms with Crippen LogP contribution in [-0.2, 0) is 11.2 Å². The normalized spacial score (nSPS) is 11.4. The van der Waals surface area contributed by atoms with Crippen LogP contribution in [0.5, 0.6) is 0 Å². The van der Waals surface area contributed by atoms with Gasteiger partial charge in [-0.15, -0.1) is 0 Å². The van der Waals surface area contributed by atoms with Crippen LogP contribution in [0, 0.1) is 5.82 Å².